The molecule has 5 rings (SSSR count). The molecule has 0 saturated heterocycles. The zero-order valence-corrected chi connectivity index (χ0v) is 21.8. The van der Waals surface area contributed by atoms with E-state index in [2.05, 4.69) is 10.1 Å². The van der Waals surface area contributed by atoms with Crippen LogP contribution < -0.4 is 16.3 Å². The van der Waals surface area contributed by atoms with Gasteiger partial charge in [-0.1, -0.05) is 53.7 Å². The number of aryl methyl sites for hydroxylation is 1. The molecule has 0 spiro atoms. The van der Waals surface area contributed by atoms with Gasteiger partial charge in [0.1, 0.15) is 0 Å². The highest BCUT2D eigenvalue weighted by Gasteiger charge is 2.22. The number of carbonyl (C=O) groups is 1. The van der Waals surface area contributed by atoms with Crippen LogP contribution in [0.1, 0.15) is 39.9 Å². The quantitative estimate of drug-likeness (QED) is 0.0903. The number of nitrogens with two attached hydrogens (primary N) is 1. The van der Waals surface area contributed by atoms with Crippen molar-refractivity contribution in [1.29, 1.82) is 0 Å². The van der Waals surface area contributed by atoms with Crippen LogP contribution in [0.3, 0.4) is 0 Å². The molecule has 0 radical (unpaired) electrons. The van der Waals surface area contributed by atoms with Gasteiger partial charge in [0.2, 0.25) is 0 Å². The molecule has 11 heteroatoms. The van der Waals surface area contributed by atoms with Crippen LogP contribution in [0, 0.1) is 6.92 Å². The van der Waals surface area contributed by atoms with Gasteiger partial charge in [-0.25, -0.2) is 9.59 Å². The first-order valence-corrected chi connectivity index (χ1v) is 12.4. The average molecular weight is 543 g/mol. The number of imidazole rings is 1. The van der Waals surface area contributed by atoms with E-state index in [9.17, 15) is 14.8 Å². The maximum atomic E-state index is 13.2. The molecular weight excluding hydrogens is 516 g/mol. The van der Waals surface area contributed by atoms with E-state index >= 15 is 0 Å². The van der Waals surface area contributed by atoms with Crippen LogP contribution in [-0.4, -0.2) is 33.2 Å². The molecule has 0 aliphatic heterocycles. The average Bonchev–Trinajstić information content (AvgIpc) is 3.49. The monoisotopic (exact) mass is 542 g/mol. The van der Waals surface area contributed by atoms with Gasteiger partial charge in [-0.05, 0) is 48.7 Å². The second kappa shape index (κ2) is 11.2. The van der Waals surface area contributed by atoms with Crippen LogP contribution in [0.4, 0.5) is 0 Å². The van der Waals surface area contributed by atoms with E-state index in [0.29, 0.717) is 29.2 Å². The van der Waals surface area contributed by atoms with Crippen LogP contribution in [0.5, 0.6) is 6.01 Å². The SMILES string of the molecule is CCOc1nc2cccc(C(=O)OCc3oc(=O)oc3C)c2n1Cc1ccc(-c2ccccc2)c(C(N)=NO)c1. The van der Waals surface area contributed by atoms with Crippen molar-refractivity contribution >= 4 is 22.8 Å². The normalized spacial score (nSPS) is 11.6. The van der Waals surface area contributed by atoms with Gasteiger partial charge in [-0.2, -0.15) is 4.98 Å². The topological polar surface area (TPSA) is 155 Å². The number of aromatic nitrogens is 2. The molecule has 0 atom stereocenters. The van der Waals surface area contributed by atoms with Crippen molar-refractivity contribution in [2.75, 3.05) is 6.61 Å². The summed E-state index contributed by atoms with van der Waals surface area (Å²) in [6.45, 7) is 3.72. The predicted octanol–water partition coefficient (Wildman–Crippen LogP) is 4.46. The van der Waals surface area contributed by atoms with Gasteiger partial charge in [-0.3, -0.25) is 4.57 Å². The lowest BCUT2D eigenvalue weighted by Gasteiger charge is -2.14. The van der Waals surface area contributed by atoms with Crippen LogP contribution in [0.15, 0.2) is 85.5 Å². The number of hydrogen-bond donors (Lipinski definition) is 2. The molecule has 0 bridgehead atoms. The molecule has 0 saturated carbocycles. The number of ether oxygens (including phenoxy) is 2. The van der Waals surface area contributed by atoms with Crippen molar-refractivity contribution in [2.45, 2.75) is 27.0 Å². The van der Waals surface area contributed by atoms with E-state index in [1.54, 1.807) is 29.7 Å². The second-order valence-corrected chi connectivity index (χ2v) is 8.83. The summed E-state index contributed by atoms with van der Waals surface area (Å²) in [6, 6.07) is 20.6. The molecule has 204 valence electrons. The van der Waals surface area contributed by atoms with Gasteiger partial charge in [0, 0.05) is 5.56 Å². The highest BCUT2D eigenvalue weighted by molar-refractivity contribution is 6.04. The smallest absolute Gasteiger partial charge is 0.465 e. The Morgan fingerprint density at radius 1 is 1.07 bits per heavy atom. The molecule has 11 nitrogen and oxygen atoms in total. The molecule has 5 aromatic rings. The Labute approximate surface area is 228 Å². The minimum Gasteiger partial charge on any atom is -0.465 e. The van der Waals surface area contributed by atoms with E-state index in [-0.39, 0.29) is 36.1 Å². The van der Waals surface area contributed by atoms with Crippen molar-refractivity contribution < 1.29 is 28.3 Å². The van der Waals surface area contributed by atoms with Crippen molar-refractivity contribution in [1.82, 2.24) is 9.55 Å². The maximum Gasteiger partial charge on any atom is 0.519 e. The fraction of sp³-hybridized carbons (Fsp3) is 0.172. The summed E-state index contributed by atoms with van der Waals surface area (Å²) < 4.78 is 22.8. The van der Waals surface area contributed by atoms with Crippen LogP contribution >= 0.6 is 0 Å². The lowest BCUT2D eigenvalue weighted by atomic mass is 9.96. The third-order valence-corrected chi connectivity index (χ3v) is 6.29. The lowest BCUT2D eigenvalue weighted by molar-refractivity contribution is 0.0444. The fourth-order valence-corrected chi connectivity index (χ4v) is 4.44. The number of oxime groups is 1. The van der Waals surface area contributed by atoms with E-state index in [4.69, 9.17) is 24.0 Å². The molecular formula is C29H26N4O7. The number of rotatable bonds is 9. The summed E-state index contributed by atoms with van der Waals surface area (Å²) in [7, 11) is 0. The Balaban J connectivity index is 1.55. The second-order valence-electron chi connectivity index (χ2n) is 8.83. The third kappa shape index (κ3) is 5.17. The van der Waals surface area contributed by atoms with E-state index in [1.165, 1.54) is 0 Å². The highest BCUT2D eigenvalue weighted by Crippen LogP contribution is 2.29. The van der Waals surface area contributed by atoms with Crippen LogP contribution in [-0.2, 0) is 17.9 Å². The Morgan fingerprint density at radius 3 is 2.58 bits per heavy atom. The minimum absolute atomic E-state index is 0.0355. The molecule has 0 unspecified atom stereocenters. The van der Waals surface area contributed by atoms with Gasteiger partial charge < -0.3 is 29.2 Å². The number of esters is 1. The summed E-state index contributed by atoms with van der Waals surface area (Å²) in [5.74, 6) is -1.18. The van der Waals surface area contributed by atoms with Crippen molar-refractivity contribution in [2.24, 2.45) is 10.9 Å². The molecule has 40 heavy (non-hydrogen) atoms. The maximum absolute atomic E-state index is 13.2. The molecule has 2 aromatic heterocycles. The summed E-state index contributed by atoms with van der Waals surface area (Å²) in [5, 5.41) is 12.7. The summed E-state index contributed by atoms with van der Waals surface area (Å²) in [5.41, 5.74) is 10.4. The molecule has 0 aliphatic carbocycles. The van der Waals surface area contributed by atoms with Gasteiger partial charge in [0.05, 0.1) is 29.7 Å². The number of hydrogen-bond acceptors (Lipinski definition) is 9. The Hall–Kier alpha value is -5.32. The number of amidine groups is 1. The fourth-order valence-electron chi connectivity index (χ4n) is 4.44. The summed E-state index contributed by atoms with van der Waals surface area (Å²) in [4.78, 5) is 29.1. The third-order valence-electron chi connectivity index (χ3n) is 6.29. The highest BCUT2D eigenvalue weighted by atomic mass is 16.6. The van der Waals surface area contributed by atoms with E-state index < -0.39 is 11.8 Å². The van der Waals surface area contributed by atoms with Gasteiger partial charge in [0.25, 0.3) is 6.01 Å². The number of para-hydroxylation sites is 1. The zero-order valence-electron chi connectivity index (χ0n) is 21.8. The Morgan fingerprint density at radius 2 is 1.88 bits per heavy atom. The van der Waals surface area contributed by atoms with Crippen LogP contribution in [0.25, 0.3) is 22.2 Å². The molecule has 0 amide bonds. The number of benzene rings is 3. The first-order chi connectivity index (χ1) is 19.4. The summed E-state index contributed by atoms with van der Waals surface area (Å²) >= 11 is 0. The number of fused-ring (bicyclic) bond motifs is 1. The van der Waals surface area contributed by atoms with Crippen LogP contribution in [0.2, 0.25) is 0 Å². The molecule has 0 aliphatic rings. The Bertz CT molecular complexity index is 1770. The molecule has 0 fully saturated rings. The standard InChI is InChI=1S/C29H26N4O7/c1-3-37-28-31-23-11-7-10-21(27(34)38-16-24-17(2)39-29(35)40-24)25(23)33(28)15-18-12-13-20(19-8-5-4-6-9-19)22(14-18)26(30)32-36/h4-14,36H,3,15-16H2,1-2H3,(H2,30,32). The first-order valence-electron chi connectivity index (χ1n) is 12.4. The van der Waals surface area contributed by atoms with E-state index in [0.717, 1.165) is 16.7 Å². The lowest BCUT2D eigenvalue weighted by Crippen LogP contribution is -2.15. The van der Waals surface area contributed by atoms with Gasteiger partial charge in [-0.15, -0.1) is 0 Å². The Kier molecular flexibility index (Phi) is 7.36. The van der Waals surface area contributed by atoms with Crippen molar-refractivity contribution in [3.8, 4) is 17.1 Å². The molecule has 2 heterocycles. The molecule has 3 N–H and O–H groups in total. The first kappa shape index (κ1) is 26.3. The van der Waals surface area contributed by atoms with Gasteiger partial charge >= 0.3 is 11.8 Å². The van der Waals surface area contributed by atoms with Crippen molar-refractivity contribution in [3.05, 3.63) is 106 Å². The largest absolute Gasteiger partial charge is 0.519 e. The van der Waals surface area contributed by atoms with Crippen molar-refractivity contribution in [3.63, 3.8) is 0 Å². The zero-order chi connectivity index (χ0) is 28.2. The molecule has 3 aromatic carbocycles. The summed E-state index contributed by atoms with van der Waals surface area (Å²) in [6.07, 6.45) is 0. The number of nitrogens with zero attached hydrogens (tertiary/aromatic N) is 3. The van der Waals surface area contributed by atoms with Gasteiger partial charge in [0.15, 0.2) is 24.0 Å². The van der Waals surface area contributed by atoms with E-state index in [1.807, 2.05) is 55.5 Å². The minimum atomic E-state index is -0.866. The predicted molar refractivity (Wildman–Crippen MR) is 145 cm³/mol. The number of carbonyl (C=O) groups excluding carboxylic acids is 1.